The van der Waals surface area contributed by atoms with Crippen LogP contribution in [0.2, 0.25) is 0 Å². The Kier molecular flexibility index (Phi) is 4.84. The molecule has 0 spiro atoms. The van der Waals surface area contributed by atoms with Gasteiger partial charge in [0.15, 0.2) is 0 Å². The summed E-state index contributed by atoms with van der Waals surface area (Å²) >= 11 is 5.45. The summed E-state index contributed by atoms with van der Waals surface area (Å²) in [6.07, 6.45) is 3.98. The third-order valence-electron chi connectivity index (χ3n) is 3.88. The van der Waals surface area contributed by atoms with Gasteiger partial charge in [-0.2, -0.15) is 0 Å². The molecule has 3 aromatic rings. The molecule has 0 bridgehead atoms. The normalized spacial score (nSPS) is 12.4. The first-order valence-electron chi connectivity index (χ1n) is 7.75. The summed E-state index contributed by atoms with van der Waals surface area (Å²) in [5.74, 6) is 0. The number of thiocarbonyl (C=S) groups is 1. The van der Waals surface area contributed by atoms with Crippen molar-refractivity contribution in [3.8, 4) is 0 Å². The summed E-state index contributed by atoms with van der Waals surface area (Å²) in [5, 5.41) is 5.93. The molecule has 0 aliphatic rings. The molecular formula is C21H19NS. The Morgan fingerprint density at radius 2 is 1.61 bits per heavy atom. The van der Waals surface area contributed by atoms with E-state index in [1.807, 2.05) is 30.4 Å². The average Bonchev–Trinajstić information content (AvgIpc) is 2.60. The quantitative estimate of drug-likeness (QED) is 0.501. The van der Waals surface area contributed by atoms with E-state index in [1.54, 1.807) is 0 Å². The highest BCUT2D eigenvalue weighted by Gasteiger charge is 2.09. The van der Waals surface area contributed by atoms with Crippen LogP contribution in [-0.2, 0) is 0 Å². The molecule has 3 rings (SSSR count). The lowest BCUT2D eigenvalue weighted by Gasteiger charge is -2.17. The summed E-state index contributed by atoms with van der Waals surface area (Å²) in [7, 11) is 0. The summed E-state index contributed by atoms with van der Waals surface area (Å²) < 4.78 is 0. The molecule has 0 saturated heterocycles. The van der Waals surface area contributed by atoms with E-state index in [0.717, 1.165) is 10.6 Å². The molecule has 0 aliphatic heterocycles. The van der Waals surface area contributed by atoms with E-state index in [9.17, 15) is 0 Å². The highest BCUT2D eigenvalue weighted by molar-refractivity contribution is 7.80. The number of fused-ring (bicyclic) bond motifs is 1. The molecule has 1 nitrogen and oxygen atoms in total. The molecule has 0 amide bonds. The van der Waals surface area contributed by atoms with Crippen molar-refractivity contribution in [2.75, 3.05) is 0 Å². The van der Waals surface area contributed by atoms with E-state index in [1.165, 1.54) is 16.3 Å². The minimum Gasteiger partial charge on any atom is -0.370 e. The van der Waals surface area contributed by atoms with Gasteiger partial charge in [-0.15, -0.1) is 0 Å². The molecule has 1 atom stereocenters. The number of benzene rings is 3. The molecule has 23 heavy (non-hydrogen) atoms. The van der Waals surface area contributed by atoms with E-state index in [2.05, 4.69) is 66.8 Å². The van der Waals surface area contributed by atoms with Crippen LogP contribution in [0.15, 0.2) is 78.9 Å². The fourth-order valence-electron chi connectivity index (χ4n) is 2.70. The van der Waals surface area contributed by atoms with Crippen LogP contribution in [0.5, 0.6) is 0 Å². The molecule has 0 fully saturated rings. The van der Waals surface area contributed by atoms with Gasteiger partial charge in [0, 0.05) is 6.04 Å². The average molecular weight is 317 g/mol. The summed E-state index contributed by atoms with van der Waals surface area (Å²) in [6.45, 7) is 2.14. The van der Waals surface area contributed by atoms with Crippen molar-refractivity contribution in [2.45, 2.75) is 13.0 Å². The van der Waals surface area contributed by atoms with Crippen molar-refractivity contribution in [1.82, 2.24) is 5.32 Å². The van der Waals surface area contributed by atoms with Gasteiger partial charge >= 0.3 is 0 Å². The molecule has 0 saturated carbocycles. The maximum absolute atomic E-state index is 5.45. The molecule has 114 valence electrons. The Labute approximate surface area is 142 Å². The minimum absolute atomic E-state index is 0.161. The Bertz CT molecular complexity index is 831. The Morgan fingerprint density at radius 3 is 2.43 bits per heavy atom. The van der Waals surface area contributed by atoms with Crippen molar-refractivity contribution >= 4 is 34.1 Å². The summed E-state index contributed by atoms with van der Waals surface area (Å²) in [5.41, 5.74) is 2.41. The van der Waals surface area contributed by atoms with E-state index < -0.39 is 0 Å². The molecule has 0 heterocycles. The molecular weight excluding hydrogens is 298 g/mol. The van der Waals surface area contributed by atoms with Gasteiger partial charge in [0.25, 0.3) is 0 Å². The van der Waals surface area contributed by atoms with Crippen molar-refractivity contribution in [3.05, 3.63) is 90.0 Å². The van der Waals surface area contributed by atoms with Gasteiger partial charge in [-0.25, -0.2) is 0 Å². The highest BCUT2D eigenvalue weighted by Crippen LogP contribution is 2.24. The molecule has 0 unspecified atom stereocenters. The zero-order chi connectivity index (χ0) is 16.1. The molecule has 1 N–H and O–H groups in total. The lowest BCUT2D eigenvalue weighted by Crippen LogP contribution is -2.23. The van der Waals surface area contributed by atoms with Crippen LogP contribution in [0.1, 0.15) is 24.1 Å². The lowest BCUT2D eigenvalue weighted by atomic mass is 10.00. The fraction of sp³-hybridized carbons (Fsp3) is 0.0952. The number of hydrogen-bond donors (Lipinski definition) is 1. The predicted octanol–water partition coefficient (Wildman–Crippen LogP) is 5.53. The second-order valence-corrected chi connectivity index (χ2v) is 5.98. The molecule has 0 aromatic heterocycles. The van der Waals surface area contributed by atoms with Crippen molar-refractivity contribution in [3.63, 3.8) is 0 Å². The lowest BCUT2D eigenvalue weighted by molar-refractivity contribution is 0.732. The maximum Gasteiger partial charge on any atom is 0.0992 e. The Hall–Kier alpha value is -2.45. The first-order valence-corrected chi connectivity index (χ1v) is 8.16. The SMILES string of the molecule is C[C@@H](NC(=S)/C=C/c1ccccc1)c1cccc2ccccc12. The standard InChI is InChI=1S/C21H19NS/c1-16(19-13-7-11-18-10-5-6-12-20(18)19)22-21(23)15-14-17-8-3-2-4-9-17/h2-16H,1H3,(H,22,23)/b15-14+/t16-/m1/s1. The largest absolute Gasteiger partial charge is 0.370 e. The second kappa shape index (κ2) is 7.21. The van der Waals surface area contributed by atoms with Crippen molar-refractivity contribution < 1.29 is 0 Å². The van der Waals surface area contributed by atoms with Crippen LogP contribution in [0.3, 0.4) is 0 Å². The third kappa shape index (κ3) is 3.85. The Morgan fingerprint density at radius 1 is 0.913 bits per heavy atom. The number of rotatable bonds is 4. The van der Waals surface area contributed by atoms with E-state index in [4.69, 9.17) is 12.2 Å². The van der Waals surface area contributed by atoms with Gasteiger partial charge < -0.3 is 5.32 Å². The predicted molar refractivity (Wildman–Crippen MR) is 104 cm³/mol. The second-order valence-electron chi connectivity index (χ2n) is 5.54. The zero-order valence-electron chi connectivity index (χ0n) is 13.1. The van der Waals surface area contributed by atoms with Gasteiger partial charge in [0.05, 0.1) is 4.99 Å². The monoisotopic (exact) mass is 317 g/mol. The van der Waals surface area contributed by atoms with Crippen molar-refractivity contribution in [2.24, 2.45) is 0 Å². The van der Waals surface area contributed by atoms with Gasteiger partial charge in [-0.3, -0.25) is 0 Å². The summed E-state index contributed by atoms with van der Waals surface area (Å²) in [6, 6.07) is 25.2. The topological polar surface area (TPSA) is 12.0 Å². The van der Waals surface area contributed by atoms with E-state index in [-0.39, 0.29) is 6.04 Å². The van der Waals surface area contributed by atoms with Crippen molar-refractivity contribution in [1.29, 1.82) is 0 Å². The van der Waals surface area contributed by atoms with Crippen LogP contribution in [0, 0.1) is 0 Å². The van der Waals surface area contributed by atoms with Crippen LogP contribution < -0.4 is 5.32 Å². The van der Waals surface area contributed by atoms with Crippen LogP contribution >= 0.6 is 12.2 Å². The van der Waals surface area contributed by atoms with Gasteiger partial charge in [-0.1, -0.05) is 91.1 Å². The third-order valence-corrected chi connectivity index (χ3v) is 4.13. The Balaban J connectivity index is 1.74. The number of nitrogens with one attached hydrogen (secondary N) is 1. The van der Waals surface area contributed by atoms with Crippen LogP contribution in [0.4, 0.5) is 0 Å². The number of hydrogen-bond acceptors (Lipinski definition) is 1. The van der Waals surface area contributed by atoms with Gasteiger partial charge in [0.2, 0.25) is 0 Å². The molecule has 0 aliphatic carbocycles. The fourth-order valence-corrected chi connectivity index (χ4v) is 2.95. The maximum atomic E-state index is 5.45. The molecule has 2 heteroatoms. The molecule has 0 radical (unpaired) electrons. The first kappa shape index (κ1) is 15.4. The van der Waals surface area contributed by atoms with Crippen LogP contribution in [-0.4, -0.2) is 4.99 Å². The van der Waals surface area contributed by atoms with E-state index >= 15 is 0 Å². The summed E-state index contributed by atoms with van der Waals surface area (Å²) in [4.78, 5) is 0.745. The van der Waals surface area contributed by atoms with E-state index in [0.29, 0.717) is 0 Å². The van der Waals surface area contributed by atoms with Gasteiger partial charge in [0.1, 0.15) is 0 Å². The minimum atomic E-state index is 0.161. The zero-order valence-corrected chi connectivity index (χ0v) is 13.9. The van der Waals surface area contributed by atoms with Crippen LogP contribution in [0.25, 0.3) is 16.8 Å². The first-order chi connectivity index (χ1) is 11.2. The molecule has 3 aromatic carbocycles. The smallest absolute Gasteiger partial charge is 0.0992 e. The highest BCUT2D eigenvalue weighted by atomic mass is 32.1. The van der Waals surface area contributed by atoms with Gasteiger partial charge in [-0.05, 0) is 34.9 Å².